The molecule has 26 heavy (non-hydrogen) atoms. The van der Waals surface area contributed by atoms with Gasteiger partial charge in [0.2, 0.25) is 0 Å². The van der Waals surface area contributed by atoms with Crippen LogP contribution in [0, 0.1) is 18.3 Å². The van der Waals surface area contributed by atoms with E-state index < -0.39 is 11.2 Å². The van der Waals surface area contributed by atoms with Crippen molar-refractivity contribution in [2.24, 2.45) is 0 Å². The Morgan fingerprint density at radius 3 is 2.50 bits per heavy atom. The molecule has 0 aliphatic carbocycles. The second-order valence-corrected chi connectivity index (χ2v) is 8.33. The van der Waals surface area contributed by atoms with Crippen molar-refractivity contribution in [1.82, 2.24) is 4.90 Å². The van der Waals surface area contributed by atoms with Gasteiger partial charge < -0.3 is 14.6 Å². The van der Waals surface area contributed by atoms with Crippen molar-refractivity contribution >= 4 is 6.09 Å². The number of nitriles is 1. The van der Waals surface area contributed by atoms with Crippen LogP contribution in [0.15, 0.2) is 18.2 Å². The molecule has 2 saturated heterocycles. The third-order valence-electron chi connectivity index (χ3n) is 4.96. The molecule has 0 radical (unpaired) electrons. The number of fused-ring (bicyclic) bond motifs is 2. The third-order valence-corrected chi connectivity index (χ3v) is 4.96. The van der Waals surface area contributed by atoms with E-state index in [0.29, 0.717) is 37.2 Å². The van der Waals surface area contributed by atoms with Gasteiger partial charge in [-0.2, -0.15) is 5.26 Å². The van der Waals surface area contributed by atoms with E-state index in [1.165, 1.54) is 0 Å². The topological polar surface area (TPSA) is 82.8 Å². The fraction of sp³-hybridized carbons (Fsp3) is 0.600. The van der Waals surface area contributed by atoms with Crippen LogP contribution in [-0.4, -0.2) is 47.0 Å². The van der Waals surface area contributed by atoms with Crippen LogP contribution in [0.5, 0.6) is 0 Å². The molecule has 2 aliphatic heterocycles. The highest BCUT2D eigenvalue weighted by Crippen LogP contribution is 2.42. The zero-order chi connectivity index (χ0) is 19.1. The van der Waals surface area contributed by atoms with Gasteiger partial charge in [0.1, 0.15) is 5.60 Å². The molecule has 6 nitrogen and oxygen atoms in total. The Balaban J connectivity index is 1.90. The van der Waals surface area contributed by atoms with Gasteiger partial charge in [-0.3, -0.25) is 4.90 Å². The second-order valence-electron chi connectivity index (χ2n) is 8.33. The first kappa shape index (κ1) is 18.7. The number of hydrogen-bond acceptors (Lipinski definition) is 5. The molecule has 1 amide bonds. The number of morpholine rings is 1. The maximum absolute atomic E-state index is 12.7. The molecule has 140 valence electrons. The average molecular weight is 358 g/mol. The van der Waals surface area contributed by atoms with Gasteiger partial charge in [-0.1, -0.05) is 12.1 Å². The molecule has 2 fully saturated rings. The van der Waals surface area contributed by atoms with E-state index in [2.05, 4.69) is 6.07 Å². The zero-order valence-electron chi connectivity index (χ0n) is 15.8. The molecule has 1 aromatic rings. The number of carbonyl (C=O) groups excluding carboxylic acids is 1. The highest BCUT2D eigenvalue weighted by molar-refractivity contribution is 5.69. The predicted octanol–water partition coefficient (Wildman–Crippen LogP) is 2.85. The number of piperidine rings is 1. The largest absolute Gasteiger partial charge is 0.444 e. The van der Waals surface area contributed by atoms with Gasteiger partial charge >= 0.3 is 6.09 Å². The van der Waals surface area contributed by atoms with Crippen LogP contribution >= 0.6 is 0 Å². The Morgan fingerprint density at radius 1 is 1.35 bits per heavy atom. The van der Waals surface area contributed by atoms with Crippen LogP contribution in [0.3, 0.4) is 0 Å². The summed E-state index contributed by atoms with van der Waals surface area (Å²) in [6, 6.07) is 7.15. The van der Waals surface area contributed by atoms with Crippen LogP contribution in [0.4, 0.5) is 4.79 Å². The van der Waals surface area contributed by atoms with Crippen molar-refractivity contribution < 1.29 is 19.4 Å². The molecule has 0 aromatic heterocycles. The number of benzene rings is 1. The summed E-state index contributed by atoms with van der Waals surface area (Å²) in [6.45, 7) is 8.13. The minimum absolute atomic E-state index is 0.282. The number of aryl methyl sites for hydroxylation is 1. The molecule has 6 heteroatoms. The average Bonchev–Trinajstić information content (AvgIpc) is 2.51. The van der Waals surface area contributed by atoms with Gasteiger partial charge in [0, 0.05) is 18.4 Å². The van der Waals surface area contributed by atoms with Crippen molar-refractivity contribution in [3.63, 3.8) is 0 Å². The predicted molar refractivity (Wildman–Crippen MR) is 95.5 cm³/mol. The molecule has 2 aliphatic rings. The number of aliphatic hydroxyl groups is 1. The summed E-state index contributed by atoms with van der Waals surface area (Å²) < 4.78 is 11.2. The summed E-state index contributed by atoms with van der Waals surface area (Å²) in [5.74, 6) is 0. The quantitative estimate of drug-likeness (QED) is 0.835. The van der Waals surface area contributed by atoms with E-state index in [-0.39, 0.29) is 18.2 Å². The van der Waals surface area contributed by atoms with Crippen molar-refractivity contribution in [2.45, 2.75) is 63.8 Å². The Labute approximate surface area is 154 Å². The van der Waals surface area contributed by atoms with Crippen molar-refractivity contribution in [1.29, 1.82) is 5.26 Å². The number of hydrogen-bond donors (Lipinski definition) is 1. The normalized spacial score (nSPS) is 28.4. The van der Waals surface area contributed by atoms with Gasteiger partial charge in [-0.15, -0.1) is 0 Å². The van der Waals surface area contributed by atoms with E-state index >= 15 is 0 Å². The van der Waals surface area contributed by atoms with Gasteiger partial charge in [0.05, 0.1) is 42.5 Å². The van der Waals surface area contributed by atoms with Crippen molar-refractivity contribution in [3.8, 4) is 6.07 Å². The standard InChI is InChI=1S/C20H26N2O4/c1-13-5-6-17(14(7-13)10-21)20(24)8-15-11-25-12-16(9-20)22(15)18(23)26-19(2,3)4/h5-7,15-16,24H,8-9,11-12H2,1-4H3. The molecule has 2 heterocycles. The lowest BCUT2D eigenvalue weighted by Crippen LogP contribution is -2.63. The maximum Gasteiger partial charge on any atom is 0.410 e. The summed E-state index contributed by atoms with van der Waals surface area (Å²) in [7, 11) is 0. The minimum Gasteiger partial charge on any atom is -0.444 e. The molecule has 2 unspecified atom stereocenters. The minimum atomic E-state index is -1.16. The van der Waals surface area contributed by atoms with E-state index in [4.69, 9.17) is 9.47 Å². The zero-order valence-corrected chi connectivity index (χ0v) is 15.8. The van der Waals surface area contributed by atoms with Crippen molar-refractivity contribution in [3.05, 3.63) is 34.9 Å². The van der Waals surface area contributed by atoms with Gasteiger partial charge in [0.15, 0.2) is 0 Å². The monoisotopic (exact) mass is 358 g/mol. The van der Waals surface area contributed by atoms with E-state index in [9.17, 15) is 15.2 Å². The Bertz CT molecular complexity index is 733. The first-order valence-corrected chi connectivity index (χ1v) is 8.96. The lowest BCUT2D eigenvalue weighted by molar-refractivity contribution is -0.141. The van der Waals surface area contributed by atoms with E-state index in [0.717, 1.165) is 5.56 Å². The molecule has 0 spiro atoms. The summed E-state index contributed by atoms with van der Waals surface area (Å²) in [4.78, 5) is 14.4. The smallest absolute Gasteiger partial charge is 0.410 e. The summed E-state index contributed by atoms with van der Waals surface area (Å²) in [6.07, 6.45) is 0.267. The molecule has 0 saturated carbocycles. The number of carbonyl (C=O) groups is 1. The fourth-order valence-electron chi connectivity index (χ4n) is 3.97. The molecule has 2 bridgehead atoms. The van der Waals surface area contributed by atoms with Crippen LogP contribution in [0.25, 0.3) is 0 Å². The third kappa shape index (κ3) is 3.55. The highest BCUT2D eigenvalue weighted by atomic mass is 16.6. The maximum atomic E-state index is 12.7. The fourth-order valence-corrected chi connectivity index (χ4v) is 3.97. The molecule has 2 atom stereocenters. The summed E-state index contributed by atoms with van der Waals surface area (Å²) in [5.41, 5.74) is 0.355. The van der Waals surface area contributed by atoms with Crippen LogP contribution in [-0.2, 0) is 15.1 Å². The number of ether oxygens (including phenoxy) is 2. The first-order chi connectivity index (χ1) is 12.1. The van der Waals surface area contributed by atoms with Gasteiger partial charge in [0.25, 0.3) is 0 Å². The van der Waals surface area contributed by atoms with Crippen LogP contribution in [0.2, 0.25) is 0 Å². The highest BCUT2D eigenvalue weighted by Gasteiger charge is 2.50. The summed E-state index contributed by atoms with van der Waals surface area (Å²) in [5, 5.41) is 20.9. The SMILES string of the molecule is Cc1ccc(C2(O)CC3COCC(C2)N3C(=O)OC(C)(C)C)c(C#N)c1. The molecule has 3 rings (SSSR count). The first-order valence-electron chi connectivity index (χ1n) is 8.96. The lowest BCUT2D eigenvalue weighted by Gasteiger charge is -2.51. The van der Waals surface area contributed by atoms with Gasteiger partial charge in [-0.05, 0) is 39.3 Å². The Morgan fingerprint density at radius 2 is 1.96 bits per heavy atom. The summed E-state index contributed by atoms with van der Waals surface area (Å²) >= 11 is 0. The molecule has 1 N–H and O–H groups in total. The molecular formula is C20H26N2O4. The second kappa shape index (κ2) is 6.57. The number of amides is 1. The van der Waals surface area contributed by atoms with Crippen LogP contribution < -0.4 is 0 Å². The lowest BCUT2D eigenvalue weighted by atomic mass is 9.75. The van der Waals surface area contributed by atoms with Crippen molar-refractivity contribution in [2.75, 3.05) is 13.2 Å². The number of nitrogens with zero attached hydrogens (tertiary/aromatic N) is 2. The Hall–Kier alpha value is -2.10. The molecular weight excluding hydrogens is 332 g/mol. The molecule has 1 aromatic carbocycles. The van der Waals surface area contributed by atoms with Gasteiger partial charge in [-0.25, -0.2) is 4.79 Å². The van der Waals surface area contributed by atoms with E-state index in [1.807, 2.05) is 39.8 Å². The van der Waals surface area contributed by atoms with E-state index in [1.54, 1.807) is 11.0 Å². The Kier molecular flexibility index (Phi) is 4.72. The van der Waals surface area contributed by atoms with Crippen LogP contribution in [0.1, 0.15) is 50.3 Å². The number of rotatable bonds is 1.